The fourth-order valence-electron chi connectivity index (χ4n) is 3.63. The van der Waals surface area contributed by atoms with Crippen LogP contribution in [0.15, 0.2) is 48.5 Å². The van der Waals surface area contributed by atoms with Crippen molar-refractivity contribution >= 4 is 31.7 Å². The monoisotopic (exact) mass is 427 g/mol. The van der Waals surface area contributed by atoms with Gasteiger partial charge in [0.05, 0.1) is 0 Å². The molecule has 3 rings (SSSR count). The first kappa shape index (κ1) is 21.5. The van der Waals surface area contributed by atoms with E-state index >= 15 is 0 Å². The standard InChI is InChI=1S/C23H29NO3SSi/c1-15(2)21(22(28)27-29(3,4)5)24-23(25)26-14-20-18-12-8-6-10-16(18)17-11-7-9-13-19(17)20/h6-13,15,20-21H,14H2,1-5H3,(H,24,25). The van der Waals surface area contributed by atoms with Gasteiger partial charge >= 0.3 is 6.09 Å². The van der Waals surface area contributed by atoms with Crippen LogP contribution in [0.5, 0.6) is 0 Å². The van der Waals surface area contributed by atoms with Gasteiger partial charge in [-0.2, -0.15) is 0 Å². The van der Waals surface area contributed by atoms with Crippen molar-refractivity contribution in [2.75, 3.05) is 6.61 Å². The molecular formula is C23H29NO3SSi. The molecule has 6 heteroatoms. The number of carbonyl (C=O) groups excluding carboxylic acids is 1. The van der Waals surface area contributed by atoms with E-state index in [9.17, 15) is 4.79 Å². The van der Waals surface area contributed by atoms with Crippen molar-refractivity contribution in [1.82, 2.24) is 5.32 Å². The average Bonchev–Trinajstić information content (AvgIpc) is 2.96. The topological polar surface area (TPSA) is 47.6 Å². The third kappa shape index (κ3) is 5.06. The number of fused-ring (bicyclic) bond motifs is 3. The first-order chi connectivity index (χ1) is 13.7. The molecule has 0 fully saturated rings. The average molecular weight is 428 g/mol. The lowest BCUT2D eigenvalue weighted by Crippen LogP contribution is -2.47. The highest BCUT2D eigenvalue weighted by Gasteiger charge is 2.31. The molecule has 0 radical (unpaired) electrons. The van der Waals surface area contributed by atoms with Gasteiger partial charge in [-0.15, -0.1) is 0 Å². The van der Waals surface area contributed by atoms with Gasteiger partial charge in [0, 0.05) is 5.92 Å². The van der Waals surface area contributed by atoms with Crippen LogP contribution >= 0.6 is 12.2 Å². The number of thiocarbonyl (C=S) groups is 1. The Bertz CT molecular complexity index is 861. The molecule has 4 nitrogen and oxygen atoms in total. The molecule has 1 amide bonds. The smallest absolute Gasteiger partial charge is 0.407 e. The predicted octanol–water partition coefficient (Wildman–Crippen LogP) is 5.73. The van der Waals surface area contributed by atoms with Gasteiger partial charge in [-0.3, -0.25) is 0 Å². The van der Waals surface area contributed by atoms with Crippen LogP contribution in [0.1, 0.15) is 30.9 Å². The zero-order chi connectivity index (χ0) is 21.2. The van der Waals surface area contributed by atoms with Gasteiger partial charge in [0.1, 0.15) is 12.6 Å². The summed E-state index contributed by atoms with van der Waals surface area (Å²) in [5, 5.41) is 3.34. The number of amides is 1. The van der Waals surface area contributed by atoms with E-state index < -0.39 is 14.4 Å². The molecule has 29 heavy (non-hydrogen) atoms. The quantitative estimate of drug-likeness (QED) is 0.472. The largest absolute Gasteiger partial charge is 0.538 e. The molecule has 0 aliphatic heterocycles. The second-order valence-corrected chi connectivity index (χ2v) is 13.6. The number of benzene rings is 2. The van der Waals surface area contributed by atoms with Crippen LogP contribution in [0.25, 0.3) is 11.1 Å². The first-order valence-electron chi connectivity index (χ1n) is 10.0. The molecule has 154 valence electrons. The Kier molecular flexibility index (Phi) is 6.44. The molecule has 1 aliphatic carbocycles. The Hall–Kier alpha value is -2.18. The number of hydrogen-bond donors (Lipinski definition) is 1. The van der Waals surface area contributed by atoms with Crippen molar-refractivity contribution < 1.29 is 14.0 Å². The lowest BCUT2D eigenvalue weighted by atomic mass is 9.98. The second kappa shape index (κ2) is 8.67. The highest BCUT2D eigenvalue weighted by molar-refractivity contribution is 7.80. The van der Waals surface area contributed by atoms with Gasteiger partial charge in [-0.05, 0) is 60.0 Å². The summed E-state index contributed by atoms with van der Waals surface area (Å²) in [7, 11) is -1.83. The van der Waals surface area contributed by atoms with Crippen molar-refractivity contribution in [2.45, 2.75) is 45.4 Å². The van der Waals surface area contributed by atoms with Crippen molar-refractivity contribution in [1.29, 1.82) is 0 Å². The maximum Gasteiger partial charge on any atom is 0.407 e. The van der Waals surface area contributed by atoms with Crippen molar-refractivity contribution in [3.8, 4) is 11.1 Å². The van der Waals surface area contributed by atoms with Crippen LogP contribution in [0.3, 0.4) is 0 Å². The summed E-state index contributed by atoms with van der Waals surface area (Å²) in [6, 6.07) is 16.2. The molecule has 0 aromatic heterocycles. The van der Waals surface area contributed by atoms with E-state index in [1.165, 1.54) is 22.3 Å². The van der Waals surface area contributed by atoms with Gasteiger partial charge < -0.3 is 14.5 Å². The molecule has 2 aromatic carbocycles. The van der Waals surface area contributed by atoms with Gasteiger partial charge in [0.2, 0.25) is 8.32 Å². The Morgan fingerprint density at radius 1 is 1.03 bits per heavy atom. The van der Waals surface area contributed by atoms with Crippen LogP contribution in [0.4, 0.5) is 4.79 Å². The number of carbonyl (C=O) groups is 1. The molecule has 0 saturated carbocycles. The summed E-state index contributed by atoms with van der Waals surface area (Å²) >= 11 is 5.46. The minimum absolute atomic E-state index is 0.0378. The maximum absolute atomic E-state index is 12.6. The molecular weight excluding hydrogens is 398 g/mol. The fraction of sp³-hybridized carbons (Fsp3) is 0.391. The molecule has 1 unspecified atom stereocenters. The molecule has 0 saturated heterocycles. The van der Waals surface area contributed by atoms with E-state index in [1.807, 2.05) is 38.1 Å². The van der Waals surface area contributed by atoms with E-state index in [4.69, 9.17) is 21.4 Å². The van der Waals surface area contributed by atoms with Crippen molar-refractivity contribution in [2.24, 2.45) is 5.92 Å². The van der Waals surface area contributed by atoms with Crippen LogP contribution in [0, 0.1) is 5.92 Å². The van der Waals surface area contributed by atoms with Gasteiger partial charge in [0.25, 0.3) is 0 Å². The van der Waals surface area contributed by atoms with Crippen LogP contribution in [-0.2, 0) is 9.16 Å². The van der Waals surface area contributed by atoms with Crippen LogP contribution in [0.2, 0.25) is 19.6 Å². The van der Waals surface area contributed by atoms with Crippen molar-refractivity contribution in [3.63, 3.8) is 0 Å². The summed E-state index contributed by atoms with van der Waals surface area (Å²) in [5.41, 5.74) is 4.81. The van der Waals surface area contributed by atoms with Gasteiger partial charge in [0.15, 0.2) is 5.05 Å². The molecule has 2 aromatic rings. The molecule has 1 aliphatic rings. The van der Waals surface area contributed by atoms with E-state index in [2.05, 4.69) is 49.2 Å². The van der Waals surface area contributed by atoms with Crippen LogP contribution in [-0.4, -0.2) is 32.1 Å². The number of ether oxygens (including phenoxy) is 1. The van der Waals surface area contributed by atoms with Crippen LogP contribution < -0.4 is 5.32 Å². The highest BCUT2D eigenvalue weighted by atomic mass is 32.1. The third-order valence-corrected chi connectivity index (χ3v) is 6.26. The Labute approximate surface area is 179 Å². The molecule has 1 N–H and O–H groups in total. The number of alkyl carbamates (subject to hydrolysis) is 1. The van der Waals surface area contributed by atoms with E-state index in [1.54, 1.807) is 0 Å². The lowest BCUT2D eigenvalue weighted by Gasteiger charge is -2.28. The molecule has 0 spiro atoms. The summed E-state index contributed by atoms with van der Waals surface area (Å²) in [6.45, 7) is 10.5. The van der Waals surface area contributed by atoms with E-state index in [0.717, 1.165) is 0 Å². The minimum Gasteiger partial charge on any atom is -0.538 e. The number of rotatable bonds is 6. The Balaban J connectivity index is 1.68. The summed E-state index contributed by atoms with van der Waals surface area (Å²) in [5.74, 6) is 0.148. The normalized spacial score (nSPS) is 14.1. The maximum atomic E-state index is 12.6. The van der Waals surface area contributed by atoms with E-state index in [-0.39, 0.29) is 24.5 Å². The Morgan fingerprint density at radius 3 is 2.03 bits per heavy atom. The van der Waals surface area contributed by atoms with Crippen molar-refractivity contribution in [3.05, 3.63) is 59.7 Å². The molecule has 0 bridgehead atoms. The third-order valence-electron chi connectivity index (χ3n) is 4.94. The molecule has 0 heterocycles. The van der Waals surface area contributed by atoms with Gasteiger partial charge in [-0.1, -0.05) is 62.4 Å². The number of nitrogens with one attached hydrogen (secondary N) is 1. The summed E-state index contributed by atoms with van der Waals surface area (Å²) in [4.78, 5) is 12.6. The lowest BCUT2D eigenvalue weighted by molar-refractivity contribution is 0.139. The SMILES string of the molecule is CC(C)C(NC(=O)OCC1c2ccccc2-c2ccccc21)C(=S)O[Si](C)(C)C. The highest BCUT2D eigenvalue weighted by Crippen LogP contribution is 2.44. The first-order valence-corrected chi connectivity index (χ1v) is 13.8. The fourth-order valence-corrected chi connectivity index (χ4v) is 5.44. The summed E-state index contributed by atoms with van der Waals surface area (Å²) < 4.78 is 11.6. The molecule has 1 atom stereocenters. The predicted molar refractivity (Wildman–Crippen MR) is 124 cm³/mol. The van der Waals surface area contributed by atoms with E-state index in [0.29, 0.717) is 5.05 Å². The van der Waals surface area contributed by atoms with Gasteiger partial charge in [-0.25, -0.2) is 4.79 Å². The number of hydrogen-bond acceptors (Lipinski definition) is 4. The second-order valence-electron chi connectivity index (χ2n) is 8.73. The summed E-state index contributed by atoms with van der Waals surface area (Å²) in [6.07, 6.45) is -0.466. The Morgan fingerprint density at radius 2 is 1.55 bits per heavy atom. The zero-order valence-corrected chi connectivity index (χ0v) is 19.5. The zero-order valence-electron chi connectivity index (χ0n) is 17.7. The minimum atomic E-state index is -1.83.